The maximum Gasteiger partial charge on any atom is 0.259 e. The number of hydrogen-bond donors (Lipinski definition) is 2. The van der Waals surface area contributed by atoms with Gasteiger partial charge < -0.3 is 19.9 Å². The first-order valence-electron chi connectivity index (χ1n) is 8.61. The van der Waals surface area contributed by atoms with Gasteiger partial charge in [-0.3, -0.25) is 4.79 Å². The number of rotatable bonds is 7. The summed E-state index contributed by atoms with van der Waals surface area (Å²) < 4.78 is 10.8. The number of carbonyl (C=O) groups is 1. The first-order chi connectivity index (χ1) is 13.2. The summed E-state index contributed by atoms with van der Waals surface area (Å²) in [7, 11) is 1.50. The van der Waals surface area contributed by atoms with Gasteiger partial charge in [-0.1, -0.05) is 36.4 Å². The van der Waals surface area contributed by atoms with E-state index in [1.54, 1.807) is 24.3 Å². The van der Waals surface area contributed by atoms with Gasteiger partial charge in [-0.05, 0) is 29.8 Å². The number of ether oxygens (including phenoxy) is 2. The van der Waals surface area contributed by atoms with Crippen LogP contribution in [-0.4, -0.2) is 24.7 Å². The van der Waals surface area contributed by atoms with Crippen molar-refractivity contribution >= 4 is 11.6 Å². The number of nitrogens with one attached hydrogen (secondary N) is 1. The Labute approximate surface area is 158 Å². The van der Waals surface area contributed by atoms with E-state index in [4.69, 9.17) is 9.47 Å². The summed E-state index contributed by atoms with van der Waals surface area (Å²) in [4.78, 5) is 12.4. The molecule has 0 aliphatic heterocycles. The predicted octanol–water partition coefficient (Wildman–Crippen LogP) is 4.27. The molecule has 0 aromatic heterocycles. The van der Waals surface area contributed by atoms with Gasteiger partial charge in [0.1, 0.15) is 17.2 Å². The first kappa shape index (κ1) is 18.3. The van der Waals surface area contributed by atoms with Gasteiger partial charge in [0, 0.05) is 24.2 Å². The molecule has 0 fully saturated rings. The molecule has 0 radical (unpaired) electrons. The molecule has 1 amide bonds. The quantitative estimate of drug-likeness (QED) is 0.658. The van der Waals surface area contributed by atoms with Crippen LogP contribution in [0.4, 0.5) is 5.69 Å². The van der Waals surface area contributed by atoms with Gasteiger partial charge in [-0.2, -0.15) is 0 Å². The Morgan fingerprint density at radius 1 is 0.963 bits per heavy atom. The van der Waals surface area contributed by atoms with Gasteiger partial charge in [-0.15, -0.1) is 0 Å². The number of methoxy groups -OCH3 is 1. The second-order valence-corrected chi connectivity index (χ2v) is 5.95. The molecule has 0 unspecified atom stereocenters. The Balaban J connectivity index is 1.61. The highest BCUT2D eigenvalue weighted by Crippen LogP contribution is 2.25. The van der Waals surface area contributed by atoms with Gasteiger partial charge in [0.15, 0.2) is 0 Å². The van der Waals surface area contributed by atoms with Crippen molar-refractivity contribution in [3.63, 3.8) is 0 Å². The topological polar surface area (TPSA) is 67.8 Å². The summed E-state index contributed by atoms with van der Waals surface area (Å²) in [5, 5.41) is 12.7. The predicted molar refractivity (Wildman–Crippen MR) is 105 cm³/mol. The van der Waals surface area contributed by atoms with E-state index in [1.807, 2.05) is 24.3 Å². The maximum absolute atomic E-state index is 12.4. The molecule has 138 valence electrons. The van der Waals surface area contributed by atoms with E-state index < -0.39 is 5.91 Å². The molecule has 5 heteroatoms. The Hall–Kier alpha value is -3.47. The van der Waals surface area contributed by atoms with E-state index in [2.05, 4.69) is 17.4 Å². The number of amides is 1. The van der Waals surface area contributed by atoms with Crippen LogP contribution >= 0.6 is 0 Å². The van der Waals surface area contributed by atoms with E-state index >= 15 is 0 Å². The second-order valence-electron chi connectivity index (χ2n) is 5.95. The Bertz CT molecular complexity index is 909. The van der Waals surface area contributed by atoms with Crippen molar-refractivity contribution in [3.8, 4) is 17.2 Å². The molecule has 3 rings (SSSR count). The molecule has 0 bridgehead atoms. The maximum atomic E-state index is 12.4. The molecule has 5 nitrogen and oxygen atoms in total. The minimum atomic E-state index is -0.406. The number of benzene rings is 3. The molecule has 3 aromatic carbocycles. The third kappa shape index (κ3) is 5.01. The SMILES string of the molecule is COc1ccc(C(=O)Nc2cccc(OCCc3ccccc3)c2)c(O)c1. The van der Waals surface area contributed by atoms with E-state index in [-0.39, 0.29) is 11.3 Å². The molecular weight excluding hydrogens is 342 g/mol. The monoisotopic (exact) mass is 363 g/mol. The normalized spacial score (nSPS) is 10.3. The van der Waals surface area contributed by atoms with Gasteiger partial charge >= 0.3 is 0 Å². The van der Waals surface area contributed by atoms with E-state index in [0.717, 1.165) is 6.42 Å². The average molecular weight is 363 g/mol. The molecule has 0 spiro atoms. The van der Waals surface area contributed by atoms with Crippen LogP contribution in [0, 0.1) is 0 Å². The largest absolute Gasteiger partial charge is 0.507 e. The Kier molecular flexibility index (Phi) is 5.94. The minimum Gasteiger partial charge on any atom is -0.507 e. The highest BCUT2D eigenvalue weighted by atomic mass is 16.5. The summed E-state index contributed by atoms with van der Waals surface area (Å²) in [5.74, 6) is 0.610. The summed E-state index contributed by atoms with van der Waals surface area (Å²) in [6.07, 6.45) is 0.803. The first-order valence-corrected chi connectivity index (χ1v) is 8.61. The molecule has 0 aliphatic carbocycles. The Morgan fingerprint density at radius 2 is 1.78 bits per heavy atom. The summed E-state index contributed by atoms with van der Waals surface area (Å²) >= 11 is 0. The minimum absolute atomic E-state index is 0.137. The van der Waals surface area contributed by atoms with Crippen LogP contribution in [0.1, 0.15) is 15.9 Å². The molecule has 27 heavy (non-hydrogen) atoms. The molecule has 0 atom stereocenters. The molecule has 2 N–H and O–H groups in total. The van der Waals surface area contributed by atoms with E-state index in [9.17, 15) is 9.90 Å². The number of carbonyl (C=O) groups excluding carboxylic acids is 1. The fourth-order valence-corrected chi connectivity index (χ4v) is 2.62. The highest BCUT2D eigenvalue weighted by Gasteiger charge is 2.12. The molecule has 0 heterocycles. The number of phenols is 1. The second kappa shape index (κ2) is 8.76. The number of hydrogen-bond acceptors (Lipinski definition) is 4. The zero-order valence-corrected chi connectivity index (χ0v) is 15.0. The summed E-state index contributed by atoms with van der Waals surface area (Å²) in [6, 6.07) is 21.8. The van der Waals surface area contributed by atoms with Crippen molar-refractivity contribution in [2.45, 2.75) is 6.42 Å². The lowest BCUT2D eigenvalue weighted by atomic mass is 10.1. The molecule has 0 saturated carbocycles. The van der Waals surface area contributed by atoms with Crippen molar-refractivity contribution in [1.82, 2.24) is 0 Å². The van der Waals surface area contributed by atoms with Gasteiger partial charge in [-0.25, -0.2) is 0 Å². The number of anilines is 1. The third-order valence-electron chi connectivity index (χ3n) is 4.04. The zero-order chi connectivity index (χ0) is 19.1. The van der Waals surface area contributed by atoms with Crippen LogP contribution < -0.4 is 14.8 Å². The van der Waals surface area contributed by atoms with Crippen molar-refractivity contribution < 1.29 is 19.4 Å². The van der Waals surface area contributed by atoms with Crippen molar-refractivity contribution in [1.29, 1.82) is 0 Å². The zero-order valence-electron chi connectivity index (χ0n) is 15.0. The van der Waals surface area contributed by atoms with Gasteiger partial charge in [0.25, 0.3) is 5.91 Å². The number of phenolic OH excluding ortho intramolecular Hbond substituents is 1. The van der Waals surface area contributed by atoms with Crippen LogP contribution in [0.25, 0.3) is 0 Å². The molecular formula is C22H21NO4. The van der Waals surface area contributed by atoms with Crippen LogP contribution in [0.3, 0.4) is 0 Å². The fraction of sp³-hybridized carbons (Fsp3) is 0.136. The average Bonchev–Trinajstić information content (AvgIpc) is 2.69. The third-order valence-corrected chi connectivity index (χ3v) is 4.04. The standard InChI is InChI=1S/C22H21NO4/c1-26-18-10-11-20(21(24)15-18)22(25)23-17-8-5-9-19(14-17)27-13-12-16-6-3-2-4-7-16/h2-11,14-15,24H,12-13H2,1H3,(H,23,25). The molecule has 0 saturated heterocycles. The lowest BCUT2D eigenvalue weighted by Gasteiger charge is -2.10. The van der Waals surface area contributed by atoms with Crippen molar-refractivity contribution in [2.24, 2.45) is 0 Å². The molecule has 3 aromatic rings. The highest BCUT2D eigenvalue weighted by molar-refractivity contribution is 6.06. The smallest absolute Gasteiger partial charge is 0.259 e. The van der Waals surface area contributed by atoms with Crippen LogP contribution in [0.15, 0.2) is 72.8 Å². The Morgan fingerprint density at radius 3 is 2.52 bits per heavy atom. The lowest BCUT2D eigenvalue weighted by Crippen LogP contribution is -2.12. The van der Waals surface area contributed by atoms with Crippen LogP contribution in [-0.2, 0) is 6.42 Å². The van der Waals surface area contributed by atoms with E-state index in [0.29, 0.717) is 23.8 Å². The fourth-order valence-electron chi connectivity index (χ4n) is 2.62. The lowest BCUT2D eigenvalue weighted by molar-refractivity contribution is 0.102. The van der Waals surface area contributed by atoms with Gasteiger partial charge in [0.05, 0.1) is 19.3 Å². The van der Waals surface area contributed by atoms with Crippen molar-refractivity contribution in [2.75, 3.05) is 19.0 Å². The van der Waals surface area contributed by atoms with Gasteiger partial charge in [0.2, 0.25) is 0 Å². The summed E-state index contributed by atoms with van der Waals surface area (Å²) in [6.45, 7) is 0.542. The number of aromatic hydroxyl groups is 1. The van der Waals surface area contributed by atoms with Crippen LogP contribution in [0.5, 0.6) is 17.2 Å². The summed E-state index contributed by atoms with van der Waals surface area (Å²) in [5.41, 5.74) is 1.97. The van der Waals surface area contributed by atoms with Crippen LogP contribution in [0.2, 0.25) is 0 Å². The van der Waals surface area contributed by atoms with E-state index in [1.165, 1.54) is 24.8 Å². The van der Waals surface area contributed by atoms with Crippen molar-refractivity contribution in [3.05, 3.63) is 83.9 Å². The molecule has 0 aliphatic rings.